The lowest BCUT2D eigenvalue weighted by molar-refractivity contribution is 0.608. The van der Waals surface area contributed by atoms with Crippen LogP contribution >= 0.6 is 0 Å². The van der Waals surface area contributed by atoms with Crippen LogP contribution in [0.15, 0.2) is 18.6 Å². The number of rotatable bonds is 1. The highest BCUT2D eigenvalue weighted by molar-refractivity contribution is 5.37. The van der Waals surface area contributed by atoms with Gasteiger partial charge in [0.05, 0.1) is 6.20 Å². The molecule has 0 atom stereocenters. The van der Waals surface area contributed by atoms with Crippen LogP contribution in [0.1, 0.15) is 6.42 Å². The van der Waals surface area contributed by atoms with E-state index >= 15 is 0 Å². The molecular formula is C7H9N3. The monoisotopic (exact) mass is 135 g/mol. The summed E-state index contributed by atoms with van der Waals surface area (Å²) in [5.74, 6) is 1.01. The van der Waals surface area contributed by atoms with Gasteiger partial charge < -0.3 is 4.90 Å². The minimum atomic E-state index is 1.01. The standard InChI is InChI=1S/C7H9N3/c1-4-10(5-1)7-6-8-2-3-9-7/h2-3,6H,1,4-5H2. The van der Waals surface area contributed by atoms with Gasteiger partial charge in [-0.05, 0) is 6.42 Å². The van der Waals surface area contributed by atoms with Crippen LogP contribution in [0, 0.1) is 0 Å². The Bertz CT molecular complexity index is 205. The molecule has 0 amide bonds. The van der Waals surface area contributed by atoms with Gasteiger partial charge >= 0.3 is 0 Å². The van der Waals surface area contributed by atoms with Crippen molar-refractivity contribution in [2.24, 2.45) is 0 Å². The lowest BCUT2D eigenvalue weighted by atomic mass is 10.2. The molecule has 1 saturated heterocycles. The van der Waals surface area contributed by atoms with Crippen LogP contribution in [0.25, 0.3) is 0 Å². The molecule has 3 heteroatoms. The molecule has 1 aliphatic heterocycles. The summed E-state index contributed by atoms with van der Waals surface area (Å²) in [5.41, 5.74) is 0. The lowest BCUT2D eigenvalue weighted by Gasteiger charge is -2.31. The third-order valence-electron chi connectivity index (χ3n) is 1.73. The zero-order valence-corrected chi connectivity index (χ0v) is 5.70. The van der Waals surface area contributed by atoms with E-state index in [4.69, 9.17) is 0 Å². The van der Waals surface area contributed by atoms with Gasteiger partial charge in [0.1, 0.15) is 5.82 Å². The van der Waals surface area contributed by atoms with Gasteiger partial charge in [0.25, 0.3) is 0 Å². The minimum absolute atomic E-state index is 1.01. The van der Waals surface area contributed by atoms with Gasteiger partial charge in [-0.3, -0.25) is 4.98 Å². The number of nitrogens with zero attached hydrogens (tertiary/aromatic N) is 3. The Morgan fingerprint density at radius 2 is 2.20 bits per heavy atom. The zero-order valence-electron chi connectivity index (χ0n) is 5.70. The summed E-state index contributed by atoms with van der Waals surface area (Å²) < 4.78 is 0. The van der Waals surface area contributed by atoms with Gasteiger partial charge in [-0.15, -0.1) is 0 Å². The van der Waals surface area contributed by atoms with E-state index in [0.717, 1.165) is 18.9 Å². The molecule has 1 fully saturated rings. The highest BCUT2D eigenvalue weighted by Gasteiger charge is 2.14. The molecule has 0 aromatic carbocycles. The maximum atomic E-state index is 4.16. The molecule has 1 aromatic rings. The van der Waals surface area contributed by atoms with Crippen molar-refractivity contribution in [2.75, 3.05) is 18.0 Å². The van der Waals surface area contributed by atoms with E-state index in [0.29, 0.717) is 0 Å². The highest BCUT2D eigenvalue weighted by Crippen LogP contribution is 2.14. The number of hydrogen-bond acceptors (Lipinski definition) is 3. The van der Waals surface area contributed by atoms with Crippen molar-refractivity contribution < 1.29 is 0 Å². The Hall–Kier alpha value is -1.12. The fraction of sp³-hybridized carbons (Fsp3) is 0.429. The molecule has 2 rings (SSSR count). The summed E-state index contributed by atoms with van der Waals surface area (Å²) in [6.07, 6.45) is 6.52. The predicted octanol–water partition coefficient (Wildman–Crippen LogP) is 0.687. The smallest absolute Gasteiger partial charge is 0.147 e. The van der Waals surface area contributed by atoms with Crippen LogP contribution in [-0.4, -0.2) is 23.1 Å². The van der Waals surface area contributed by atoms with Crippen LogP contribution in [0.4, 0.5) is 5.82 Å². The topological polar surface area (TPSA) is 29.0 Å². The molecule has 10 heavy (non-hydrogen) atoms. The number of anilines is 1. The van der Waals surface area contributed by atoms with Crippen LogP contribution in [0.3, 0.4) is 0 Å². The van der Waals surface area contributed by atoms with Gasteiger partial charge in [-0.25, -0.2) is 4.98 Å². The summed E-state index contributed by atoms with van der Waals surface area (Å²) in [4.78, 5) is 10.4. The van der Waals surface area contributed by atoms with Crippen LogP contribution < -0.4 is 4.90 Å². The molecule has 3 nitrogen and oxygen atoms in total. The molecule has 0 unspecified atom stereocenters. The van der Waals surface area contributed by atoms with Gasteiger partial charge in [-0.2, -0.15) is 0 Å². The van der Waals surface area contributed by atoms with Crippen molar-refractivity contribution in [2.45, 2.75) is 6.42 Å². The van der Waals surface area contributed by atoms with Gasteiger partial charge in [0, 0.05) is 25.5 Å². The Morgan fingerprint density at radius 3 is 2.70 bits per heavy atom. The molecule has 0 radical (unpaired) electrons. The SMILES string of the molecule is c1cnc(N2CCC2)cn1. The van der Waals surface area contributed by atoms with Crippen LogP contribution in [-0.2, 0) is 0 Å². The van der Waals surface area contributed by atoms with Crippen molar-refractivity contribution in [1.29, 1.82) is 0 Å². The largest absolute Gasteiger partial charge is 0.355 e. The highest BCUT2D eigenvalue weighted by atomic mass is 15.2. The molecule has 0 spiro atoms. The zero-order chi connectivity index (χ0) is 6.81. The fourth-order valence-electron chi connectivity index (χ4n) is 1.000. The average Bonchev–Trinajstić information content (AvgIpc) is 1.86. The second kappa shape index (κ2) is 2.25. The summed E-state index contributed by atoms with van der Waals surface area (Å²) in [5, 5.41) is 0. The van der Waals surface area contributed by atoms with Crippen LogP contribution in [0.2, 0.25) is 0 Å². The van der Waals surface area contributed by atoms with E-state index < -0.39 is 0 Å². The molecule has 52 valence electrons. The van der Waals surface area contributed by atoms with Gasteiger partial charge in [-0.1, -0.05) is 0 Å². The molecule has 1 aliphatic rings. The maximum absolute atomic E-state index is 4.16. The molecule has 0 bridgehead atoms. The Balaban J connectivity index is 2.18. The first-order chi connectivity index (χ1) is 4.97. The van der Waals surface area contributed by atoms with E-state index in [9.17, 15) is 0 Å². The van der Waals surface area contributed by atoms with Crippen molar-refractivity contribution in [1.82, 2.24) is 9.97 Å². The lowest BCUT2D eigenvalue weighted by Crippen LogP contribution is -2.37. The van der Waals surface area contributed by atoms with E-state index in [-0.39, 0.29) is 0 Å². The summed E-state index contributed by atoms with van der Waals surface area (Å²) in [6, 6.07) is 0. The summed E-state index contributed by atoms with van der Waals surface area (Å²) in [6.45, 7) is 2.28. The fourth-order valence-corrected chi connectivity index (χ4v) is 1.000. The van der Waals surface area contributed by atoms with E-state index in [1.165, 1.54) is 6.42 Å². The third-order valence-corrected chi connectivity index (χ3v) is 1.73. The second-order valence-electron chi connectivity index (χ2n) is 2.40. The second-order valence-corrected chi connectivity index (χ2v) is 2.40. The van der Waals surface area contributed by atoms with Crippen molar-refractivity contribution in [3.8, 4) is 0 Å². The van der Waals surface area contributed by atoms with E-state index in [1.54, 1.807) is 18.6 Å². The molecular weight excluding hydrogens is 126 g/mol. The first-order valence-electron chi connectivity index (χ1n) is 3.48. The Morgan fingerprint density at radius 1 is 1.30 bits per heavy atom. The molecule has 1 aromatic heterocycles. The third kappa shape index (κ3) is 0.835. The Kier molecular flexibility index (Phi) is 1.27. The normalized spacial score (nSPS) is 16.6. The molecule has 2 heterocycles. The number of hydrogen-bond donors (Lipinski definition) is 0. The van der Waals surface area contributed by atoms with E-state index in [2.05, 4.69) is 14.9 Å². The minimum Gasteiger partial charge on any atom is -0.355 e. The van der Waals surface area contributed by atoms with Crippen molar-refractivity contribution in [3.05, 3.63) is 18.6 Å². The summed E-state index contributed by atoms with van der Waals surface area (Å²) >= 11 is 0. The van der Waals surface area contributed by atoms with Crippen molar-refractivity contribution >= 4 is 5.82 Å². The van der Waals surface area contributed by atoms with Gasteiger partial charge in [0.2, 0.25) is 0 Å². The van der Waals surface area contributed by atoms with Gasteiger partial charge in [0.15, 0.2) is 0 Å². The summed E-state index contributed by atoms with van der Waals surface area (Å²) in [7, 11) is 0. The molecule has 0 saturated carbocycles. The Labute approximate surface area is 59.7 Å². The quantitative estimate of drug-likeness (QED) is 0.567. The molecule has 0 aliphatic carbocycles. The van der Waals surface area contributed by atoms with E-state index in [1.807, 2.05) is 0 Å². The maximum Gasteiger partial charge on any atom is 0.147 e. The number of aromatic nitrogens is 2. The predicted molar refractivity (Wildman–Crippen MR) is 38.9 cm³/mol. The van der Waals surface area contributed by atoms with Crippen molar-refractivity contribution in [3.63, 3.8) is 0 Å². The van der Waals surface area contributed by atoms with Crippen LogP contribution in [0.5, 0.6) is 0 Å². The average molecular weight is 135 g/mol. The first-order valence-corrected chi connectivity index (χ1v) is 3.48. The molecule has 0 N–H and O–H groups in total. The first kappa shape index (κ1) is 5.65.